The lowest BCUT2D eigenvalue weighted by molar-refractivity contribution is -0.520. The van der Waals surface area contributed by atoms with Gasteiger partial charge in [-0.05, 0) is 11.5 Å². The van der Waals surface area contributed by atoms with Crippen molar-refractivity contribution >= 4 is 5.69 Å². The van der Waals surface area contributed by atoms with Crippen LogP contribution in [-0.4, -0.2) is 0 Å². The number of anilines is 1. The molecule has 0 aliphatic carbocycles. The molecular weight excluding hydrogens is 182 g/mol. The Bertz CT molecular complexity index is 396. The van der Waals surface area contributed by atoms with Gasteiger partial charge in [0, 0.05) is 24.5 Å². The molecule has 1 nitrogen and oxygen atoms in total. The molecule has 1 radical (unpaired) electrons. The van der Waals surface area contributed by atoms with Gasteiger partial charge in [0.15, 0.2) is 11.4 Å². The van der Waals surface area contributed by atoms with E-state index in [2.05, 4.69) is 63.4 Å². The van der Waals surface area contributed by atoms with Gasteiger partial charge in [-0.15, -0.1) is 5.32 Å². The number of benzene rings is 1. The largest absolute Gasteiger partial charge is 0.188 e. The average Bonchev–Trinajstić information content (AvgIpc) is 2.15. The van der Waals surface area contributed by atoms with Crippen molar-refractivity contribution in [3.63, 3.8) is 0 Å². The zero-order valence-electron chi connectivity index (χ0n) is 9.96. The van der Waals surface area contributed by atoms with Gasteiger partial charge in [-0.25, -0.2) is 0 Å². The van der Waals surface area contributed by atoms with E-state index >= 15 is 0 Å². The maximum atomic E-state index is 3.42. The molecule has 0 bridgehead atoms. The summed E-state index contributed by atoms with van der Waals surface area (Å²) in [6.45, 7) is 9.02. The fraction of sp³-hybridized carbons (Fsp3) is 0.429. The van der Waals surface area contributed by atoms with Crippen molar-refractivity contribution in [2.45, 2.75) is 33.6 Å². The Labute approximate surface area is 92.2 Å². The standard InChI is InChI=1S/C14H19N/c1-10-9-12(14(2,3)4)11-7-5-6-8-13(11)15-10/h5-9,12,15H,1-4H3/q+1. The molecule has 0 spiro atoms. The van der Waals surface area contributed by atoms with E-state index in [1.807, 2.05) is 0 Å². The van der Waals surface area contributed by atoms with Crippen LogP contribution in [0.5, 0.6) is 0 Å². The fourth-order valence-corrected chi connectivity index (χ4v) is 2.19. The Morgan fingerprint density at radius 2 is 1.80 bits per heavy atom. The highest BCUT2D eigenvalue weighted by molar-refractivity contribution is 5.46. The predicted octanol–water partition coefficient (Wildman–Crippen LogP) is 2.71. The maximum Gasteiger partial charge on any atom is 0.188 e. The number of allylic oxidation sites excluding steroid dienone is 2. The number of fused-ring (bicyclic) bond motifs is 1. The summed E-state index contributed by atoms with van der Waals surface area (Å²) in [6.07, 6.45) is 2.34. The molecule has 0 saturated carbocycles. The molecule has 1 N–H and O–H groups in total. The van der Waals surface area contributed by atoms with Crippen LogP contribution in [0.1, 0.15) is 39.2 Å². The Morgan fingerprint density at radius 3 is 2.47 bits per heavy atom. The molecule has 15 heavy (non-hydrogen) atoms. The Hall–Kier alpha value is -1.08. The molecule has 0 amide bonds. The second kappa shape index (κ2) is 3.49. The predicted molar refractivity (Wildman–Crippen MR) is 63.0 cm³/mol. The summed E-state index contributed by atoms with van der Waals surface area (Å²) in [5, 5.41) is 3.42. The van der Waals surface area contributed by atoms with E-state index in [0.29, 0.717) is 5.92 Å². The monoisotopic (exact) mass is 201 g/mol. The first-order chi connectivity index (χ1) is 6.98. The lowest BCUT2D eigenvalue weighted by atomic mass is 9.74. The van der Waals surface area contributed by atoms with Crippen molar-refractivity contribution in [3.05, 3.63) is 41.6 Å². The van der Waals surface area contributed by atoms with Gasteiger partial charge >= 0.3 is 0 Å². The first-order valence-electron chi connectivity index (χ1n) is 5.53. The van der Waals surface area contributed by atoms with Crippen molar-refractivity contribution in [3.8, 4) is 0 Å². The molecule has 2 rings (SSSR count). The van der Waals surface area contributed by atoms with Crippen LogP contribution in [0.15, 0.2) is 36.0 Å². The third-order valence-corrected chi connectivity index (χ3v) is 2.98. The SMILES string of the molecule is CC1=CC(C(C)(C)C)c2ccccc2[NH+]1. The fourth-order valence-electron chi connectivity index (χ4n) is 2.19. The van der Waals surface area contributed by atoms with Crippen molar-refractivity contribution < 1.29 is 5.32 Å². The minimum atomic E-state index is 0.277. The van der Waals surface area contributed by atoms with Gasteiger partial charge in [0.25, 0.3) is 0 Å². The zero-order chi connectivity index (χ0) is 11.1. The number of rotatable bonds is 0. The van der Waals surface area contributed by atoms with Gasteiger partial charge < -0.3 is 0 Å². The molecule has 1 aliphatic heterocycles. The van der Waals surface area contributed by atoms with E-state index in [4.69, 9.17) is 0 Å². The van der Waals surface area contributed by atoms with Gasteiger partial charge in [0.1, 0.15) is 0 Å². The van der Waals surface area contributed by atoms with Crippen molar-refractivity contribution in [1.82, 2.24) is 0 Å². The van der Waals surface area contributed by atoms with Crippen LogP contribution >= 0.6 is 0 Å². The molecule has 1 heteroatoms. The van der Waals surface area contributed by atoms with Crippen LogP contribution in [0.3, 0.4) is 0 Å². The third-order valence-electron chi connectivity index (χ3n) is 2.98. The highest BCUT2D eigenvalue weighted by Gasteiger charge is 2.32. The number of nitrogens with one attached hydrogen (secondary N) is 1. The number of para-hydroxylation sites is 1. The van der Waals surface area contributed by atoms with E-state index in [1.54, 1.807) is 0 Å². The van der Waals surface area contributed by atoms with Gasteiger partial charge in [0.2, 0.25) is 0 Å². The normalized spacial score (nSPS) is 20.8. The summed E-state index contributed by atoms with van der Waals surface area (Å²) in [5.41, 5.74) is 4.21. The molecule has 1 aromatic carbocycles. The number of hydrogen-bond donors (Lipinski definition) is 1. The number of hydrogen-bond acceptors (Lipinski definition) is 1. The van der Waals surface area contributed by atoms with E-state index in [-0.39, 0.29) is 5.41 Å². The quantitative estimate of drug-likeness (QED) is 0.664. The molecule has 1 atom stereocenters. The van der Waals surface area contributed by atoms with E-state index in [1.165, 1.54) is 16.9 Å². The minimum Gasteiger partial charge on any atom is -0.114 e. The lowest BCUT2D eigenvalue weighted by Gasteiger charge is -2.30. The first kappa shape index (κ1) is 10.4. The molecule has 0 saturated heterocycles. The molecule has 0 aromatic heterocycles. The summed E-state index contributed by atoms with van der Waals surface area (Å²) >= 11 is 0. The van der Waals surface area contributed by atoms with Gasteiger partial charge in [0.05, 0.1) is 0 Å². The van der Waals surface area contributed by atoms with Gasteiger partial charge in [-0.3, -0.25) is 0 Å². The zero-order valence-corrected chi connectivity index (χ0v) is 9.96. The van der Waals surface area contributed by atoms with Gasteiger partial charge in [-0.1, -0.05) is 39.0 Å². The van der Waals surface area contributed by atoms with E-state index < -0.39 is 0 Å². The van der Waals surface area contributed by atoms with Crippen LogP contribution in [0, 0.1) is 5.41 Å². The topological polar surface area (TPSA) is 15.6 Å². The second-order valence-electron chi connectivity index (χ2n) is 5.41. The average molecular weight is 201 g/mol. The summed E-state index contributed by atoms with van der Waals surface area (Å²) in [6, 6.07) is 8.59. The van der Waals surface area contributed by atoms with Crippen LogP contribution in [0.4, 0.5) is 5.69 Å². The van der Waals surface area contributed by atoms with Gasteiger partial charge in [-0.2, -0.15) is 0 Å². The van der Waals surface area contributed by atoms with Crippen LogP contribution in [0.25, 0.3) is 0 Å². The Balaban J connectivity index is 2.50. The Morgan fingerprint density at radius 1 is 1.13 bits per heavy atom. The lowest BCUT2D eigenvalue weighted by Crippen LogP contribution is -2.76. The molecule has 79 valence electrons. The second-order valence-corrected chi connectivity index (χ2v) is 5.41. The molecule has 1 aliphatic rings. The smallest absolute Gasteiger partial charge is 0.114 e. The molecule has 1 aromatic rings. The maximum absolute atomic E-state index is 3.42. The van der Waals surface area contributed by atoms with Crippen LogP contribution in [-0.2, 0) is 0 Å². The van der Waals surface area contributed by atoms with Crippen molar-refractivity contribution in [2.75, 3.05) is 0 Å². The summed E-state index contributed by atoms with van der Waals surface area (Å²) in [4.78, 5) is 0. The summed E-state index contributed by atoms with van der Waals surface area (Å²) in [5.74, 6) is 0.509. The van der Waals surface area contributed by atoms with Crippen LogP contribution < -0.4 is 5.32 Å². The van der Waals surface area contributed by atoms with E-state index in [0.717, 1.165) is 0 Å². The van der Waals surface area contributed by atoms with Crippen molar-refractivity contribution in [2.24, 2.45) is 5.41 Å². The first-order valence-corrected chi connectivity index (χ1v) is 5.53. The van der Waals surface area contributed by atoms with E-state index in [9.17, 15) is 0 Å². The molecule has 0 fully saturated rings. The van der Waals surface area contributed by atoms with Crippen molar-refractivity contribution in [1.29, 1.82) is 0 Å². The Kier molecular flexibility index (Phi) is 2.43. The third kappa shape index (κ3) is 1.98. The van der Waals surface area contributed by atoms with Crippen LogP contribution in [0.2, 0.25) is 0 Å². The summed E-state index contributed by atoms with van der Waals surface area (Å²) in [7, 11) is 0. The minimum absolute atomic E-state index is 0.277. The highest BCUT2D eigenvalue weighted by Crippen LogP contribution is 2.40. The molecule has 1 unspecified atom stereocenters. The molecular formula is C14H19N+. The summed E-state index contributed by atoms with van der Waals surface area (Å²) < 4.78 is 0. The molecule has 1 heterocycles. The highest BCUT2D eigenvalue weighted by atomic mass is 14.9.